The Bertz CT molecular complexity index is 415. The molecule has 1 fully saturated rings. The van der Waals surface area contributed by atoms with Crippen LogP contribution in [0, 0.1) is 12.8 Å². The Kier molecular flexibility index (Phi) is 3.54. The number of likely N-dealkylation sites (tertiary alicyclic amines) is 1. The fourth-order valence-electron chi connectivity index (χ4n) is 2.76. The Morgan fingerprint density at radius 1 is 1.65 bits per heavy atom. The van der Waals surface area contributed by atoms with Crippen LogP contribution in [0.2, 0.25) is 0 Å². The van der Waals surface area contributed by atoms with Crippen molar-refractivity contribution in [3.8, 4) is 0 Å². The second kappa shape index (κ2) is 4.78. The molecule has 3 unspecified atom stereocenters. The van der Waals surface area contributed by atoms with Crippen LogP contribution in [0.4, 0.5) is 0 Å². The van der Waals surface area contributed by atoms with Crippen LogP contribution in [0.3, 0.4) is 0 Å². The Morgan fingerprint density at radius 3 is 2.88 bits per heavy atom. The fraction of sp³-hybridized carbons (Fsp3) is 0.615. The van der Waals surface area contributed by atoms with Crippen molar-refractivity contribution in [2.45, 2.75) is 39.3 Å². The average Bonchev–Trinajstić information content (AvgIpc) is 2.83. The van der Waals surface area contributed by atoms with E-state index in [9.17, 15) is 9.90 Å². The standard InChI is InChI=1S/C13H19NO2S/c1-8-4-6-14(11(8)13(15)16)10(3)12-9(2)5-7-17-12/h5,7-8,10-11H,4,6H2,1-3H3,(H,15,16). The maximum Gasteiger partial charge on any atom is 0.321 e. The topological polar surface area (TPSA) is 40.5 Å². The van der Waals surface area contributed by atoms with E-state index in [1.165, 1.54) is 10.4 Å². The third kappa shape index (κ3) is 2.24. The predicted octanol–water partition coefficient (Wildman–Crippen LogP) is 2.91. The number of carboxylic acid groups (broad SMARTS) is 1. The SMILES string of the molecule is Cc1ccsc1C(C)N1CCC(C)C1C(=O)O. The molecular weight excluding hydrogens is 234 g/mol. The van der Waals surface area contributed by atoms with Gasteiger partial charge in [-0.2, -0.15) is 0 Å². The van der Waals surface area contributed by atoms with Gasteiger partial charge >= 0.3 is 5.97 Å². The highest BCUT2D eigenvalue weighted by atomic mass is 32.1. The minimum atomic E-state index is -0.684. The Hall–Kier alpha value is -0.870. The van der Waals surface area contributed by atoms with Crippen LogP contribution in [0.25, 0.3) is 0 Å². The average molecular weight is 253 g/mol. The highest BCUT2D eigenvalue weighted by Crippen LogP contribution is 2.35. The van der Waals surface area contributed by atoms with E-state index in [2.05, 4.69) is 30.2 Å². The van der Waals surface area contributed by atoms with Crippen molar-refractivity contribution >= 4 is 17.3 Å². The van der Waals surface area contributed by atoms with Crippen molar-refractivity contribution < 1.29 is 9.90 Å². The molecule has 1 aliphatic heterocycles. The van der Waals surface area contributed by atoms with Gasteiger partial charge in [0.25, 0.3) is 0 Å². The molecule has 4 heteroatoms. The first-order valence-electron chi connectivity index (χ1n) is 6.05. The summed E-state index contributed by atoms with van der Waals surface area (Å²) in [6, 6.07) is 1.98. The van der Waals surface area contributed by atoms with E-state index in [-0.39, 0.29) is 18.0 Å². The highest BCUT2D eigenvalue weighted by Gasteiger charge is 2.39. The smallest absolute Gasteiger partial charge is 0.321 e. The van der Waals surface area contributed by atoms with Gasteiger partial charge in [0, 0.05) is 10.9 Å². The van der Waals surface area contributed by atoms with Crippen molar-refractivity contribution in [1.82, 2.24) is 4.90 Å². The number of carboxylic acids is 1. The summed E-state index contributed by atoms with van der Waals surface area (Å²) in [6.07, 6.45) is 0.978. The van der Waals surface area contributed by atoms with Gasteiger partial charge in [-0.1, -0.05) is 6.92 Å². The molecule has 3 atom stereocenters. The quantitative estimate of drug-likeness (QED) is 0.900. The van der Waals surface area contributed by atoms with E-state index in [1.54, 1.807) is 11.3 Å². The van der Waals surface area contributed by atoms with E-state index in [0.29, 0.717) is 0 Å². The number of carbonyl (C=O) groups is 1. The van der Waals surface area contributed by atoms with Crippen LogP contribution in [-0.4, -0.2) is 28.6 Å². The summed E-state index contributed by atoms with van der Waals surface area (Å²) in [5, 5.41) is 11.4. The highest BCUT2D eigenvalue weighted by molar-refractivity contribution is 7.10. The van der Waals surface area contributed by atoms with Gasteiger partial charge in [0.15, 0.2) is 0 Å². The first-order valence-corrected chi connectivity index (χ1v) is 6.93. The molecule has 2 rings (SSSR count). The lowest BCUT2D eigenvalue weighted by atomic mass is 10.0. The summed E-state index contributed by atoms with van der Waals surface area (Å²) in [5.41, 5.74) is 1.27. The number of aliphatic carboxylic acids is 1. The van der Waals surface area contributed by atoms with Gasteiger partial charge in [-0.25, -0.2) is 0 Å². The molecule has 2 heterocycles. The number of rotatable bonds is 3. The van der Waals surface area contributed by atoms with Crippen LogP contribution in [0.1, 0.15) is 36.8 Å². The first kappa shape index (κ1) is 12.6. The van der Waals surface area contributed by atoms with Crippen LogP contribution in [0.15, 0.2) is 11.4 Å². The van der Waals surface area contributed by atoms with Crippen molar-refractivity contribution in [2.24, 2.45) is 5.92 Å². The zero-order valence-corrected chi connectivity index (χ0v) is 11.3. The molecule has 1 saturated heterocycles. The Balaban J connectivity index is 2.22. The van der Waals surface area contributed by atoms with Crippen LogP contribution in [0.5, 0.6) is 0 Å². The monoisotopic (exact) mass is 253 g/mol. The molecule has 1 aromatic rings. The molecule has 1 aliphatic rings. The molecular formula is C13H19NO2S. The molecule has 94 valence electrons. The molecule has 1 aromatic heterocycles. The van der Waals surface area contributed by atoms with Crippen LogP contribution < -0.4 is 0 Å². The van der Waals surface area contributed by atoms with Crippen LogP contribution >= 0.6 is 11.3 Å². The van der Waals surface area contributed by atoms with Crippen molar-refractivity contribution in [3.05, 3.63) is 21.9 Å². The number of hydrogen-bond donors (Lipinski definition) is 1. The summed E-state index contributed by atoms with van der Waals surface area (Å²) in [4.78, 5) is 14.8. The molecule has 3 nitrogen and oxygen atoms in total. The summed E-state index contributed by atoms with van der Waals surface area (Å²) in [7, 11) is 0. The van der Waals surface area contributed by atoms with Gasteiger partial charge in [0.2, 0.25) is 0 Å². The Morgan fingerprint density at radius 2 is 2.35 bits per heavy atom. The molecule has 0 spiro atoms. The van der Waals surface area contributed by atoms with Gasteiger partial charge < -0.3 is 5.11 Å². The van der Waals surface area contributed by atoms with E-state index >= 15 is 0 Å². The lowest BCUT2D eigenvalue weighted by Crippen LogP contribution is -2.40. The van der Waals surface area contributed by atoms with Gasteiger partial charge in [-0.05, 0) is 49.7 Å². The second-order valence-corrected chi connectivity index (χ2v) is 5.88. The summed E-state index contributed by atoms with van der Waals surface area (Å²) < 4.78 is 0. The molecule has 0 aliphatic carbocycles. The predicted molar refractivity (Wildman–Crippen MR) is 69.4 cm³/mol. The lowest BCUT2D eigenvalue weighted by molar-refractivity contribution is -0.144. The third-order valence-corrected chi connectivity index (χ3v) is 4.96. The summed E-state index contributed by atoms with van der Waals surface area (Å²) >= 11 is 1.72. The lowest BCUT2D eigenvalue weighted by Gasteiger charge is -2.29. The molecule has 0 radical (unpaired) electrons. The van der Waals surface area contributed by atoms with E-state index in [1.807, 2.05) is 6.92 Å². The number of nitrogens with zero attached hydrogens (tertiary/aromatic N) is 1. The maximum atomic E-state index is 11.3. The minimum Gasteiger partial charge on any atom is -0.480 e. The van der Waals surface area contributed by atoms with E-state index in [0.717, 1.165) is 13.0 Å². The zero-order chi connectivity index (χ0) is 12.6. The minimum absolute atomic E-state index is 0.209. The van der Waals surface area contributed by atoms with Gasteiger partial charge in [0.05, 0.1) is 0 Å². The van der Waals surface area contributed by atoms with Gasteiger partial charge in [-0.3, -0.25) is 9.69 Å². The third-order valence-electron chi connectivity index (χ3n) is 3.77. The van der Waals surface area contributed by atoms with Crippen molar-refractivity contribution in [3.63, 3.8) is 0 Å². The molecule has 0 aromatic carbocycles. The molecule has 0 saturated carbocycles. The van der Waals surface area contributed by atoms with E-state index in [4.69, 9.17) is 0 Å². The normalized spacial score (nSPS) is 27.2. The maximum absolute atomic E-state index is 11.3. The first-order chi connectivity index (χ1) is 8.02. The summed E-state index contributed by atoms with van der Waals surface area (Å²) in [6.45, 7) is 7.13. The molecule has 0 amide bonds. The fourth-order valence-corrected chi connectivity index (χ4v) is 3.76. The van der Waals surface area contributed by atoms with Gasteiger partial charge in [-0.15, -0.1) is 11.3 Å². The Labute approximate surface area is 106 Å². The number of hydrogen-bond acceptors (Lipinski definition) is 3. The molecule has 0 bridgehead atoms. The number of aryl methyl sites for hydroxylation is 1. The largest absolute Gasteiger partial charge is 0.480 e. The van der Waals surface area contributed by atoms with Gasteiger partial charge in [0.1, 0.15) is 6.04 Å². The van der Waals surface area contributed by atoms with Crippen LogP contribution in [-0.2, 0) is 4.79 Å². The molecule has 1 N–H and O–H groups in total. The number of thiophene rings is 1. The zero-order valence-electron chi connectivity index (χ0n) is 10.5. The van der Waals surface area contributed by atoms with Crippen molar-refractivity contribution in [2.75, 3.05) is 6.54 Å². The summed E-state index contributed by atoms with van der Waals surface area (Å²) in [5.74, 6) is -0.439. The molecule has 17 heavy (non-hydrogen) atoms. The van der Waals surface area contributed by atoms with Crippen molar-refractivity contribution in [1.29, 1.82) is 0 Å². The second-order valence-electron chi connectivity index (χ2n) is 4.93. The van der Waals surface area contributed by atoms with E-state index < -0.39 is 5.97 Å².